The smallest absolute Gasteiger partial charge is 0.227 e. The average molecular weight is 353 g/mol. The number of thiophene rings is 1. The average Bonchev–Trinajstić information content (AvgIpc) is 3.05. The summed E-state index contributed by atoms with van der Waals surface area (Å²) in [5, 5.41) is 11.5. The first-order valence-electron chi connectivity index (χ1n) is 6.24. The van der Waals surface area contributed by atoms with E-state index in [0.717, 1.165) is 0 Å². The molecule has 3 rings (SSSR count). The predicted molar refractivity (Wildman–Crippen MR) is 84.0 cm³/mol. The van der Waals surface area contributed by atoms with Crippen LogP contribution in [0.4, 0.5) is 0 Å². The molecule has 0 amide bonds. The standard InChI is InChI=1S/C15H9Cl2NO3S/c16-9-3-1-8(2-4-9)15-18-10(7-13(19)20)14(21-15)11-5-6-12(17)22-11/h1-6H,7H2,(H,19,20)/p-1. The van der Waals surface area contributed by atoms with Crippen molar-refractivity contribution in [1.29, 1.82) is 0 Å². The summed E-state index contributed by atoms with van der Waals surface area (Å²) in [5.74, 6) is -0.502. The molecule has 0 N–H and O–H groups in total. The van der Waals surface area contributed by atoms with Gasteiger partial charge in [-0.1, -0.05) is 23.2 Å². The highest BCUT2D eigenvalue weighted by molar-refractivity contribution is 7.19. The summed E-state index contributed by atoms with van der Waals surface area (Å²) in [5.41, 5.74) is 1.02. The van der Waals surface area contributed by atoms with Crippen LogP contribution in [0.1, 0.15) is 5.69 Å². The largest absolute Gasteiger partial charge is 0.550 e. The molecule has 0 aliphatic heterocycles. The number of carbonyl (C=O) groups excluding carboxylic acids is 1. The molecule has 2 heterocycles. The number of halogens is 2. The Bertz CT molecular complexity index is 824. The van der Waals surface area contributed by atoms with Crippen molar-refractivity contribution in [3.05, 3.63) is 51.5 Å². The van der Waals surface area contributed by atoms with Crippen molar-refractivity contribution in [2.45, 2.75) is 6.42 Å². The molecule has 0 bridgehead atoms. The number of carboxylic acids is 1. The summed E-state index contributed by atoms with van der Waals surface area (Å²) in [4.78, 5) is 15.9. The highest BCUT2D eigenvalue weighted by Crippen LogP contribution is 2.36. The Kier molecular flexibility index (Phi) is 4.20. The van der Waals surface area contributed by atoms with Crippen LogP contribution in [0.15, 0.2) is 40.8 Å². The Morgan fingerprint density at radius 2 is 1.91 bits per heavy atom. The quantitative estimate of drug-likeness (QED) is 0.718. The van der Waals surface area contributed by atoms with Crippen molar-refractivity contribution in [3.63, 3.8) is 0 Å². The third-order valence-corrected chi connectivity index (χ3v) is 4.38. The van der Waals surface area contributed by atoms with Crippen LogP contribution in [-0.2, 0) is 11.2 Å². The number of hydrogen-bond acceptors (Lipinski definition) is 5. The molecule has 4 nitrogen and oxygen atoms in total. The van der Waals surface area contributed by atoms with E-state index >= 15 is 0 Å². The van der Waals surface area contributed by atoms with E-state index in [1.165, 1.54) is 11.3 Å². The lowest BCUT2D eigenvalue weighted by Crippen LogP contribution is -2.24. The van der Waals surface area contributed by atoms with Crippen LogP contribution < -0.4 is 5.11 Å². The predicted octanol–water partition coefficient (Wildman–Crippen LogP) is 3.67. The maximum atomic E-state index is 10.9. The van der Waals surface area contributed by atoms with Gasteiger partial charge < -0.3 is 14.3 Å². The second-order valence-electron chi connectivity index (χ2n) is 4.45. The Labute approximate surface area is 139 Å². The summed E-state index contributed by atoms with van der Waals surface area (Å²) >= 11 is 13.1. The number of nitrogens with zero attached hydrogens (tertiary/aromatic N) is 1. The molecule has 3 aromatic rings. The Morgan fingerprint density at radius 1 is 1.18 bits per heavy atom. The normalized spacial score (nSPS) is 10.8. The van der Waals surface area contributed by atoms with Crippen LogP contribution >= 0.6 is 34.5 Å². The van der Waals surface area contributed by atoms with Crippen LogP contribution in [0.25, 0.3) is 22.1 Å². The van der Waals surface area contributed by atoms with Crippen LogP contribution in [0, 0.1) is 0 Å². The first-order chi connectivity index (χ1) is 10.5. The van der Waals surface area contributed by atoms with E-state index in [-0.39, 0.29) is 6.42 Å². The van der Waals surface area contributed by atoms with Crippen molar-refractivity contribution >= 4 is 40.5 Å². The number of hydrogen-bond donors (Lipinski definition) is 0. The molecule has 0 spiro atoms. The van der Waals surface area contributed by atoms with Crippen molar-refractivity contribution < 1.29 is 14.3 Å². The molecule has 0 unspecified atom stereocenters. The highest BCUT2D eigenvalue weighted by atomic mass is 35.5. The lowest BCUT2D eigenvalue weighted by Gasteiger charge is -1.99. The van der Waals surface area contributed by atoms with Gasteiger partial charge in [0.15, 0.2) is 5.76 Å². The van der Waals surface area contributed by atoms with Gasteiger partial charge >= 0.3 is 0 Å². The van der Waals surface area contributed by atoms with Gasteiger partial charge in [0.1, 0.15) is 0 Å². The topological polar surface area (TPSA) is 66.2 Å². The number of aliphatic carboxylic acids is 1. The van der Waals surface area contributed by atoms with Crippen LogP contribution in [0.5, 0.6) is 0 Å². The van der Waals surface area contributed by atoms with E-state index in [1.54, 1.807) is 36.4 Å². The number of aromatic nitrogens is 1. The van der Waals surface area contributed by atoms with E-state index in [9.17, 15) is 9.90 Å². The van der Waals surface area contributed by atoms with Gasteiger partial charge in [-0.3, -0.25) is 0 Å². The lowest BCUT2D eigenvalue weighted by molar-refractivity contribution is -0.304. The Hall–Kier alpha value is -1.82. The SMILES string of the molecule is O=C([O-])Cc1nc(-c2ccc(Cl)cc2)oc1-c1ccc(Cl)s1. The molecule has 112 valence electrons. The van der Waals surface area contributed by atoms with Crippen molar-refractivity contribution in [2.24, 2.45) is 0 Å². The summed E-state index contributed by atoms with van der Waals surface area (Å²) in [7, 11) is 0. The summed E-state index contributed by atoms with van der Waals surface area (Å²) in [6, 6.07) is 10.4. The fraction of sp³-hybridized carbons (Fsp3) is 0.0667. The molecule has 1 aromatic carbocycles. The van der Waals surface area contributed by atoms with E-state index in [1.807, 2.05) is 0 Å². The fourth-order valence-electron chi connectivity index (χ4n) is 1.95. The van der Waals surface area contributed by atoms with Gasteiger partial charge in [-0.15, -0.1) is 11.3 Å². The molecule has 7 heteroatoms. The van der Waals surface area contributed by atoms with Gasteiger partial charge in [-0.2, -0.15) is 0 Å². The van der Waals surface area contributed by atoms with Gasteiger partial charge in [0.25, 0.3) is 0 Å². The van der Waals surface area contributed by atoms with Crippen molar-refractivity contribution in [2.75, 3.05) is 0 Å². The first kappa shape index (κ1) is 15.1. The zero-order valence-corrected chi connectivity index (χ0v) is 13.3. The third-order valence-electron chi connectivity index (χ3n) is 2.90. The Morgan fingerprint density at radius 3 is 2.50 bits per heavy atom. The zero-order chi connectivity index (χ0) is 15.7. The maximum absolute atomic E-state index is 10.9. The van der Waals surface area contributed by atoms with Crippen LogP contribution in [-0.4, -0.2) is 11.0 Å². The molecular weight excluding hydrogens is 345 g/mol. The van der Waals surface area contributed by atoms with Gasteiger partial charge in [0.2, 0.25) is 5.89 Å². The summed E-state index contributed by atoms with van der Waals surface area (Å²) in [6.07, 6.45) is -0.331. The van der Waals surface area contributed by atoms with E-state index < -0.39 is 5.97 Å². The molecule has 0 aliphatic rings. The number of rotatable bonds is 4. The highest BCUT2D eigenvalue weighted by Gasteiger charge is 2.18. The second-order valence-corrected chi connectivity index (χ2v) is 6.61. The van der Waals surface area contributed by atoms with Crippen molar-refractivity contribution in [1.82, 2.24) is 4.98 Å². The van der Waals surface area contributed by atoms with E-state index in [2.05, 4.69) is 4.98 Å². The molecule has 22 heavy (non-hydrogen) atoms. The maximum Gasteiger partial charge on any atom is 0.227 e. The van der Waals surface area contributed by atoms with Crippen LogP contribution in [0.3, 0.4) is 0 Å². The third kappa shape index (κ3) is 3.16. The molecule has 2 aromatic heterocycles. The number of oxazole rings is 1. The van der Waals surface area contributed by atoms with Gasteiger partial charge in [-0.25, -0.2) is 4.98 Å². The zero-order valence-electron chi connectivity index (χ0n) is 11.0. The number of carbonyl (C=O) groups is 1. The molecular formula is C15H8Cl2NO3S-. The van der Waals surface area contributed by atoms with E-state index in [0.29, 0.717) is 37.1 Å². The van der Waals surface area contributed by atoms with Gasteiger partial charge in [0, 0.05) is 23.0 Å². The monoisotopic (exact) mass is 352 g/mol. The van der Waals surface area contributed by atoms with Gasteiger partial charge in [-0.05, 0) is 36.4 Å². The van der Waals surface area contributed by atoms with Crippen molar-refractivity contribution in [3.8, 4) is 22.1 Å². The molecule has 0 radical (unpaired) electrons. The summed E-state index contributed by atoms with van der Waals surface area (Å²) in [6.45, 7) is 0. The minimum Gasteiger partial charge on any atom is -0.550 e. The van der Waals surface area contributed by atoms with Gasteiger partial charge in [0.05, 0.1) is 14.9 Å². The van der Waals surface area contributed by atoms with E-state index in [4.69, 9.17) is 27.6 Å². The number of benzene rings is 1. The molecule has 0 saturated carbocycles. The molecule has 0 fully saturated rings. The minimum atomic E-state index is -1.22. The minimum absolute atomic E-state index is 0.309. The fourth-order valence-corrected chi connectivity index (χ4v) is 3.13. The van der Waals surface area contributed by atoms with Crippen LogP contribution in [0.2, 0.25) is 9.36 Å². The molecule has 0 aliphatic carbocycles. The molecule has 0 saturated heterocycles. The first-order valence-corrected chi connectivity index (χ1v) is 7.81. The summed E-state index contributed by atoms with van der Waals surface area (Å²) < 4.78 is 6.33. The molecule has 0 atom stereocenters. The lowest BCUT2D eigenvalue weighted by atomic mass is 10.2. The second kappa shape index (κ2) is 6.12. The Balaban J connectivity index is 2.07. The number of carboxylic acid groups (broad SMARTS) is 1.